The maximum atomic E-state index is 10.2. The zero-order valence-corrected chi connectivity index (χ0v) is 14.1. The summed E-state index contributed by atoms with van der Waals surface area (Å²) in [5, 5.41) is 14.4. The number of aromatic nitrogens is 2. The van der Waals surface area contributed by atoms with E-state index in [0.717, 1.165) is 23.4 Å². The molecule has 0 aromatic carbocycles. The van der Waals surface area contributed by atoms with E-state index in [0.29, 0.717) is 5.92 Å². The molecule has 0 aliphatic heterocycles. The summed E-state index contributed by atoms with van der Waals surface area (Å²) in [6.07, 6.45) is 10.9. The Bertz CT molecular complexity index is 352. The SMILES string of the molecule is CCCCCCCCCCC(O)c1snnc1C(C)C. The molecule has 0 saturated heterocycles. The molecule has 0 spiro atoms. The highest BCUT2D eigenvalue weighted by Gasteiger charge is 2.18. The van der Waals surface area contributed by atoms with Gasteiger partial charge >= 0.3 is 0 Å². The summed E-state index contributed by atoms with van der Waals surface area (Å²) in [5.41, 5.74) is 0.974. The van der Waals surface area contributed by atoms with Crippen molar-refractivity contribution in [1.82, 2.24) is 9.59 Å². The molecule has 1 aromatic rings. The van der Waals surface area contributed by atoms with Crippen molar-refractivity contribution in [2.75, 3.05) is 0 Å². The topological polar surface area (TPSA) is 46.0 Å². The second kappa shape index (κ2) is 10.3. The van der Waals surface area contributed by atoms with Gasteiger partial charge in [0.05, 0.1) is 16.7 Å². The van der Waals surface area contributed by atoms with Gasteiger partial charge in [0.1, 0.15) is 0 Å². The van der Waals surface area contributed by atoms with Crippen LogP contribution >= 0.6 is 11.5 Å². The predicted molar refractivity (Wildman–Crippen MR) is 86.2 cm³/mol. The zero-order valence-electron chi connectivity index (χ0n) is 13.3. The second-order valence-electron chi connectivity index (χ2n) is 5.96. The molecule has 0 aliphatic rings. The minimum absolute atomic E-state index is 0.344. The lowest BCUT2D eigenvalue weighted by Gasteiger charge is -2.11. The third-order valence-electron chi connectivity index (χ3n) is 3.72. The van der Waals surface area contributed by atoms with E-state index in [1.165, 1.54) is 56.5 Å². The monoisotopic (exact) mass is 298 g/mol. The van der Waals surface area contributed by atoms with Gasteiger partial charge in [-0.25, -0.2) is 0 Å². The van der Waals surface area contributed by atoms with Gasteiger partial charge in [-0.3, -0.25) is 0 Å². The molecule has 0 saturated carbocycles. The molecule has 0 aliphatic carbocycles. The van der Waals surface area contributed by atoms with Gasteiger partial charge in [0, 0.05) is 0 Å². The Morgan fingerprint density at radius 1 is 1.00 bits per heavy atom. The Labute approximate surface area is 128 Å². The van der Waals surface area contributed by atoms with Crippen molar-refractivity contribution >= 4 is 11.5 Å². The number of aliphatic hydroxyl groups excluding tert-OH is 1. The Morgan fingerprint density at radius 2 is 1.60 bits per heavy atom. The smallest absolute Gasteiger partial charge is 0.0917 e. The van der Waals surface area contributed by atoms with Crippen molar-refractivity contribution in [3.8, 4) is 0 Å². The molecule has 116 valence electrons. The Balaban J connectivity index is 2.14. The van der Waals surface area contributed by atoms with Crippen LogP contribution in [0.25, 0.3) is 0 Å². The highest BCUT2D eigenvalue weighted by Crippen LogP contribution is 2.29. The van der Waals surface area contributed by atoms with Crippen LogP contribution in [0.2, 0.25) is 0 Å². The number of hydrogen-bond acceptors (Lipinski definition) is 4. The van der Waals surface area contributed by atoms with Crippen LogP contribution in [0.5, 0.6) is 0 Å². The van der Waals surface area contributed by atoms with E-state index >= 15 is 0 Å². The Morgan fingerprint density at radius 3 is 2.20 bits per heavy atom. The lowest BCUT2D eigenvalue weighted by Crippen LogP contribution is -2.01. The molecule has 1 N–H and O–H groups in total. The van der Waals surface area contributed by atoms with Crippen molar-refractivity contribution in [2.45, 2.75) is 90.6 Å². The van der Waals surface area contributed by atoms with E-state index in [1.807, 2.05) is 0 Å². The summed E-state index contributed by atoms with van der Waals surface area (Å²) in [6.45, 7) is 6.45. The van der Waals surface area contributed by atoms with Gasteiger partial charge in [-0.15, -0.1) is 5.10 Å². The van der Waals surface area contributed by atoms with Gasteiger partial charge in [-0.2, -0.15) is 0 Å². The average molecular weight is 298 g/mol. The molecule has 1 rings (SSSR count). The molecule has 1 aromatic heterocycles. The van der Waals surface area contributed by atoms with E-state index in [2.05, 4.69) is 30.4 Å². The highest BCUT2D eigenvalue weighted by atomic mass is 32.1. The van der Waals surface area contributed by atoms with Crippen molar-refractivity contribution in [3.63, 3.8) is 0 Å². The first-order valence-electron chi connectivity index (χ1n) is 8.17. The number of rotatable bonds is 11. The summed E-state index contributed by atoms with van der Waals surface area (Å²) in [5.74, 6) is 0.344. The minimum atomic E-state index is -0.368. The fraction of sp³-hybridized carbons (Fsp3) is 0.875. The van der Waals surface area contributed by atoms with Gasteiger partial charge < -0.3 is 5.11 Å². The predicted octanol–water partition coefficient (Wildman–Crippen LogP) is 5.23. The van der Waals surface area contributed by atoms with Gasteiger partial charge in [0.2, 0.25) is 0 Å². The maximum absolute atomic E-state index is 10.2. The van der Waals surface area contributed by atoms with E-state index in [9.17, 15) is 5.11 Å². The van der Waals surface area contributed by atoms with Crippen LogP contribution < -0.4 is 0 Å². The highest BCUT2D eigenvalue weighted by molar-refractivity contribution is 7.05. The van der Waals surface area contributed by atoms with Crippen LogP contribution in [0.4, 0.5) is 0 Å². The number of unbranched alkanes of at least 4 members (excludes halogenated alkanes) is 7. The van der Waals surface area contributed by atoms with Crippen LogP contribution in [0.1, 0.15) is 101 Å². The summed E-state index contributed by atoms with van der Waals surface area (Å²) >= 11 is 1.35. The van der Waals surface area contributed by atoms with Gasteiger partial charge in [0.25, 0.3) is 0 Å². The summed E-state index contributed by atoms with van der Waals surface area (Å²) < 4.78 is 3.98. The van der Waals surface area contributed by atoms with Crippen molar-refractivity contribution in [1.29, 1.82) is 0 Å². The molecule has 3 nitrogen and oxygen atoms in total. The molecule has 4 heteroatoms. The largest absolute Gasteiger partial charge is 0.387 e. The number of aliphatic hydroxyl groups is 1. The van der Waals surface area contributed by atoms with E-state index in [1.54, 1.807) is 0 Å². The first-order valence-corrected chi connectivity index (χ1v) is 8.94. The standard InChI is InChI=1S/C16H30N2OS/c1-4-5-6-7-8-9-10-11-12-14(19)16-15(13(2)3)17-18-20-16/h13-14,19H,4-12H2,1-3H3. The van der Waals surface area contributed by atoms with Crippen LogP contribution in [-0.4, -0.2) is 14.7 Å². The van der Waals surface area contributed by atoms with Gasteiger partial charge in [-0.05, 0) is 23.9 Å². The first kappa shape index (κ1) is 17.6. The molecule has 1 atom stereocenters. The number of hydrogen-bond donors (Lipinski definition) is 1. The molecule has 1 heterocycles. The Hall–Kier alpha value is -0.480. The van der Waals surface area contributed by atoms with E-state index in [-0.39, 0.29) is 6.10 Å². The van der Waals surface area contributed by atoms with Crippen molar-refractivity contribution in [2.24, 2.45) is 0 Å². The quantitative estimate of drug-likeness (QED) is 0.569. The average Bonchev–Trinajstić information content (AvgIpc) is 2.91. The normalized spacial score (nSPS) is 13.1. The van der Waals surface area contributed by atoms with E-state index in [4.69, 9.17) is 0 Å². The van der Waals surface area contributed by atoms with Crippen LogP contribution in [-0.2, 0) is 0 Å². The van der Waals surface area contributed by atoms with Gasteiger partial charge in [0.15, 0.2) is 0 Å². The summed E-state index contributed by atoms with van der Waals surface area (Å²) in [4.78, 5) is 0.975. The third-order valence-corrected chi connectivity index (χ3v) is 4.56. The molecule has 0 bridgehead atoms. The molecule has 20 heavy (non-hydrogen) atoms. The Kier molecular flexibility index (Phi) is 9.03. The van der Waals surface area contributed by atoms with Crippen LogP contribution in [0.3, 0.4) is 0 Å². The first-order chi connectivity index (χ1) is 9.66. The molecule has 0 fully saturated rings. The third kappa shape index (κ3) is 6.31. The maximum Gasteiger partial charge on any atom is 0.0917 e. The van der Waals surface area contributed by atoms with Crippen LogP contribution in [0.15, 0.2) is 0 Å². The zero-order chi connectivity index (χ0) is 14.8. The lowest BCUT2D eigenvalue weighted by atomic mass is 10.0. The van der Waals surface area contributed by atoms with Crippen molar-refractivity contribution < 1.29 is 5.11 Å². The molecule has 1 unspecified atom stereocenters. The summed E-state index contributed by atoms with van der Waals surface area (Å²) in [6, 6.07) is 0. The van der Waals surface area contributed by atoms with Gasteiger partial charge in [-0.1, -0.05) is 76.6 Å². The molecule has 0 amide bonds. The van der Waals surface area contributed by atoms with E-state index < -0.39 is 0 Å². The lowest BCUT2D eigenvalue weighted by molar-refractivity contribution is 0.165. The number of nitrogens with zero attached hydrogens (tertiary/aromatic N) is 2. The fourth-order valence-corrected chi connectivity index (χ4v) is 3.26. The summed E-state index contributed by atoms with van der Waals surface area (Å²) in [7, 11) is 0. The molecular weight excluding hydrogens is 268 g/mol. The molecule has 0 radical (unpaired) electrons. The second-order valence-corrected chi connectivity index (χ2v) is 6.74. The molecular formula is C16H30N2OS. The fourth-order valence-electron chi connectivity index (χ4n) is 2.44. The van der Waals surface area contributed by atoms with Crippen molar-refractivity contribution in [3.05, 3.63) is 10.6 Å². The van der Waals surface area contributed by atoms with Crippen LogP contribution in [0, 0.1) is 0 Å². The minimum Gasteiger partial charge on any atom is -0.387 e.